The van der Waals surface area contributed by atoms with Gasteiger partial charge in [0, 0.05) is 6.54 Å². The van der Waals surface area contributed by atoms with Gasteiger partial charge >= 0.3 is 0 Å². The topological polar surface area (TPSA) is 55.8 Å². The molecule has 0 N–H and O–H groups in total. The van der Waals surface area contributed by atoms with Gasteiger partial charge in [0.2, 0.25) is 10.0 Å². The second kappa shape index (κ2) is 6.97. The molecular weight excluding hydrogens is 352 g/mol. The highest BCUT2D eigenvalue weighted by molar-refractivity contribution is 7.89. The lowest BCUT2D eigenvalue weighted by molar-refractivity contribution is 0.0771. The van der Waals surface area contributed by atoms with Crippen molar-refractivity contribution in [1.82, 2.24) is 4.31 Å². The van der Waals surface area contributed by atoms with Crippen LogP contribution in [0.25, 0.3) is 0 Å². The standard InChI is InChI=1S/C17H17F2NO4S/c1-2-20(25(21,22)13-7-8-14(18)15(19)9-13)10-12-11-23-16-5-3-4-6-17(16)24-12/h3-9,12H,2,10-11H2,1H3/t12-/m0/s1. The Morgan fingerprint density at radius 2 is 1.84 bits per heavy atom. The molecule has 0 aliphatic carbocycles. The van der Waals surface area contributed by atoms with E-state index < -0.39 is 27.8 Å². The molecule has 0 amide bonds. The lowest BCUT2D eigenvalue weighted by atomic mass is 10.2. The minimum absolute atomic E-state index is 0.0339. The number of halogens is 2. The lowest BCUT2D eigenvalue weighted by Crippen LogP contribution is -2.43. The molecule has 1 atom stereocenters. The van der Waals surface area contributed by atoms with E-state index in [9.17, 15) is 17.2 Å². The summed E-state index contributed by atoms with van der Waals surface area (Å²) in [6, 6.07) is 9.63. The molecule has 134 valence electrons. The molecular formula is C17H17F2NO4S. The fourth-order valence-electron chi connectivity index (χ4n) is 2.56. The molecule has 2 aromatic carbocycles. The third-order valence-corrected chi connectivity index (χ3v) is 5.79. The fourth-order valence-corrected chi connectivity index (χ4v) is 4.06. The monoisotopic (exact) mass is 369 g/mol. The van der Waals surface area contributed by atoms with E-state index in [0.29, 0.717) is 17.6 Å². The number of likely N-dealkylation sites (N-methyl/N-ethyl adjacent to an activating group) is 1. The maximum atomic E-state index is 13.4. The molecule has 0 spiro atoms. The second-order valence-corrected chi connectivity index (χ2v) is 7.47. The van der Waals surface area contributed by atoms with Gasteiger partial charge in [0.05, 0.1) is 11.4 Å². The first-order chi connectivity index (χ1) is 11.9. The second-order valence-electron chi connectivity index (χ2n) is 5.53. The van der Waals surface area contributed by atoms with Gasteiger partial charge in [0.25, 0.3) is 0 Å². The molecule has 0 saturated carbocycles. The lowest BCUT2D eigenvalue weighted by Gasteiger charge is -2.30. The third-order valence-electron chi connectivity index (χ3n) is 3.86. The van der Waals surface area contributed by atoms with E-state index in [1.54, 1.807) is 25.1 Å². The van der Waals surface area contributed by atoms with Gasteiger partial charge in [-0.2, -0.15) is 4.31 Å². The Hall–Kier alpha value is -2.19. The van der Waals surface area contributed by atoms with Crippen molar-refractivity contribution in [2.24, 2.45) is 0 Å². The van der Waals surface area contributed by atoms with Crippen LogP contribution in [0.3, 0.4) is 0 Å². The zero-order valence-electron chi connectivity index (χ0n) is 13.5. The molecule has 0 saturated heterocycles. The van der Waals surface area contributed by atoms with Crippen molar-refractivity contribution in [2.75, 3.05) is 19.7 Å². The highest BCUT2D eigenvalue weighted by atomic mass is 32.2. The van der Waals surface area contributed by atoms with Crippen molar-refractivity contribution in [3.05, 3.63) is 54.1 Å². The SMILES string of the molecule is CCN(C[C@H]1COc2ccccc2O1)S(=O)(=O)c1ccc(F)c(F)c1. The van der Waals surface area contributed by atoms with Gasteiger partial charge in [-0.05, 0) is 30.3 Å². The van der Waals surface area contributed by atoms with Crippen molar-refractivity contribution < 1.29 is 26.7 Å². The quantitative estimate of drug-likeness (QED) is 0.813. The molecule has 2 aromatic rings. The molecule has 0 fully saturated rings. The first-order valence-corrected chi connectivity index (χ1v) is 9.19. The van der Waals surface area contributed by atoms with Gasteiger partial charge in [-0.25, -0.2) is 17.2 Å². The minimum Gasteiger partial charge on any atom is -0.486 e. The summed E-state index contributed by atoms with van der Waals surface area (Å²) in [4.78, 5) is -0.301. The van der Waals surface area contributed by atoms with E-state index in [2.05, 4.69) is 0 Å². The van der Waals surface area contributed by atoms with E-state index >= 15 is 0 Å². The summed E-state index contributed by atoms with van der Waals surface area (Å²) in [6.07, 6.45) is -0.505. The van der Waals surface area contributed by atoms with Crippen LogP contribution in [-0.4, -0.2) is 38.5 Å². The van der Waals surface area contributed by atoms with Gasteiger partial charge < -0.3 is 9.47 Å². The predicted molar refractivity (Wildman–Crippen MR) is 87.1 cm³/mol. The predicted octanol–water partition coefficient (Wildman–Crippen LogP) is 2.82. The largest absolute Gasteiger partial charge is 0.486 e. The summed E-state index contributed by atoms with van der Waals surface area (Å²) in [5.41, 5.74) is 0. The highest BCUT2D eigenvalue weighted by Gasteiger charge is 2.30. The average Bonchev–Trinajstić information content (AvgIpc) is 2.61. The van der Waals surface area contributed by atoms with Gasteiger partial charge in [-0.3, -0.25) is 0 Å². The number of para-hydroxylation sites is 2. The smallest absolute Gasteiger partial charge is 0.243 e. The molecule has 25 heavy (non-hydrogen) atoms. The molecule has 0 radical (unpaired) electrons. The Morgan fingerprint density at radius 1 is 1.12 bits per heavy atom. The van der Waals surface area contributed by atoms with Gasteiger partial charge in [0.1, 0.15) is 12.7 Å². The van der Waals surface area contributed by atoms with E-state index in [1.807, 2.05) is 6.07 Å². The fraction of sp³-hybridized carbons (Fsp3) is 0.294. The number of fused-ring (bicyclic) bond motifs is 1. The van der Waals surface area contributed by atoms with Crippen LogP contribution >= 0.6 is 0 Å². The van der Waals surface area contributed by atoms with Gasteiger partial charge in [0.15, 0.2) is 23.1 Å². The van der Waals surface area contributed by atoms with Crippen LogP contribution < -0.4 is 9.47 Å². The average molecular weight is 369 g/mol. The summed E-state index contributed by atoms with van der Waals surface area (Å²) in [5.74, 6) is -1.16. The number of rotatable bonds is 5. The summed E-state index contributed by atoms with van der Waals surface area (Å²) in [7, 11) is -3.98. The van der Waals surface area contributed by atoms with Crippen LogP contribution in [0.15, 0.2) is 47.4 Å². The summed E-state index contributed by atoms with van der Waals surface area (Å²) < 4.78 is 64.3. The number of sulfonamides is 1. The Labute approximate surface area is 144 Å². The normalized spacial score (nSPS) is 16.9. The van der Waals surface area contributed by atoms with Crippen LogP contribution in [0.5, 0.6) is 11.5 Å². The summed E-state index contributed by atoms with van der Waals surface area (Å²) in [5, 5.41) is 0. The molecule has 0 bridgehead atoms. The molecule has 1 aliphatic rings. The number of nitrogens with zero attached hydrogens (tertiary/aromatic N) is 1. The van der Waals surface area contributed by atoms with Crippen molar-refractivity contribution >= 4 is 10.0 Å². The van der Waals surface area contributed by atoms with Gasteiger partial charge in [-0.1, -0.05) is 19.1 Å². The van der Waals surface area contributed by atoms with Crippen LogP contribution in [-0.2, 0) is 10.0 Å². The highest BCUT2D eigenvalue weighted by Crippen LogP contribution is 2.31. The minimum atomic E-state index is -3.98. The van der Waals surface area contributed by atoms with Crippen LogP contribution in [0.1, 0.15) is 6.92 Å². The molecule has 1 heterocycles. The van der Waals surface area contributed by atoms with Crippen LogP contribution in [0.2, 0.25) is 0 Å². The Morgan fingerprint density at radius 3 is 2.52 bits per heavy atom. The number of benzene rings is 2. The Kier molecular flexibility index (Phi) is 4.91. The number of ether oxygens (including phenoxy) is 2. The van der Waals surface area contributed by atoms with Crippen molar-refractivity contribution in [3.8, 4) is 11.5 Å². The molecule has 0 aromatic heterocycles. The summed E-state index contributed by atoms with van der Waals surface area (Å²) in [6.45, 7) is 2.05. The Bertz CT molecular complexity index is 873. The third kappa shape index (κ3) is 3.59. The van der Waals surface area contributed by atoms with Gasteiger partial charge in [-0.15, -0.1) is 0 Å². The summed E-state index contributed by atoms with van der Waals surface area (Å²) >= 11 is 0. The molecule has 5 nitrogen and oxygen atoms in total. The number of hydrogen-bond donors (Lipinski definition) is 0. The van der Waals surface area contributed by atoms with E-state index in [1.165, 1.54) is 0 Å². The first-order valence-electron chi connectivity index (χ1n) is 7.75. The maximum absolute atomic E-state index is 13.4. The van der Waals surface area contributed by atoms with Crippen molar-refractivity contribution in [1.29, 1.82) is 0 Å². The van der Waals surface area contributed by atoms with Crippen molar-refractivity contribution in [3.63, 3.8) is 0 Å². The zero-order chi connectivity index (χ0) is 18.0. The van der Waals surface area contributed by atoms with Crippen LogP contribution in [0, 0.1) is 11.6 Å². The molecule has 3 rings (SSSR count). The first kappa shape index (κ1) is 17.6. The van der Waals surface area contributed by atoms with E-state index in [0.717, 1.165) is 16.4 Å². The molecule has 1 aliphatic heterocycles. The Balaban J connectivity index is 1.79. The number of hydrogen-bond acceptors (Lipinski definition) is 4. The van der Waals surface area contributed by atoms with Crippen LogP contribution in [0.4, 0.5) is 8.78 Å². The molecule has 0 unspecified atom stereocenters. The molecule has 8 heteroatoms. The van der Waals surface area contributed by atoms with E-state index in [-0.39, 0.29) is 24.6 Å². The maximum Gasteiger partial charge on any atom is 0.243 e. The van der Waals surface area contributed by atoms with Crippen molar-refractivity contribution in [2.45, 2.75) is 17.9 Å². The van der Waals surface area contributed by atoms with E-state index in [4.69, 9.17) is 9.47 Å². The zero-order valence-corrected chi connectivity index (χ0v) is 14.3.